The van der Waals surface area contributed by atoms with Crippen LogP contribution in [0.5, 0.6) is 0 Å². The second-order valence-electron chi connectivity index (χ2n) is 4.52. The van der Waals surface area contributed by atoms with Crippen LogP contribution >= 0.6 is 11.3 Å². The zero-order chi connectivity index (χ0) is 13.3. The summed E-state index contributed by atoms with van der Waals surface area (Å²) in [6.07, 6.45) is 0. The third kappa shape index (κ3) is 2.28. The lowest BCUT2D eigenvalue weighted by Gasteiger charge is -2.31. The molecule has 0 radical (unpaired) electrons. The summed E-state index contributed by atoms with van der Waals surface area (Å²) in [5, 5.41) is 4.12. The largest absolute Gasteiger partial charge is 0.331 e. The lowest BCUT2D eigenvalue weighted by Crippen LogP contribution is -2.58. The molecule has 1 saturated heterocycles. The number of nitrogens with one attached hydrogen (secondary N) is 1. The number of urea groups is 1. The van der Waals surface area contributed by atoms with E-state index in [1.165, 1.54) is 11.3 Å². The minimum absolute atomic E-state index is 0.128. The van der Waals surface area contributed by atoms with Crippen LogP contribution in [-0.4, -0.2) is 22.7 Å². The van der Waals surface area contributed by atoms with Crippen LogP contribution in [-0.2, 0) is 16.1 Å². The third-order valence-electron chi connectivity index (χ3n) is 2.85. The van der Waals surface area contributed by atoms with Crippen molar-refractivity contribution in [2.75, 3.05) is 0 Å². The summed E-state index contributed by atoms with van der Waals surface area (Å²) in [4.78, 5) is 37.5. The van der Waals surface area contributed by atoms with Crippen LogP contribution < -0.4 is 5.32 Å². The molecule has 96 valence electrons. The van der Waals surface area contributed by atoms with E-state index in [1.54, 1.807) is 13.8 Å². The summed E-state index contributed by atoms with van der Waals surface area (Å²) >= 11 is 1.47. The van der Waals surface area contributed by atoms with Crippen LogP contribution in [0.2, 0.25) is 0 Å². The number of hydrogen-bond donors (Lipinski definition) is 1. The Morgan fingerprint density at radius 1 is 1.39 bits per heavy atom. The molecule has 0 aliphatic carbocycles. The highest BCUT2D eigenvalue weighted by molar-refractivity contribution is 7.09. The average Bonchev–Trinajstić information content (AvgIpc) is 2.75. The molecule has 4 amide bonds. The minimum atomic E-state index is -0.775. The van der Waals surface area contributed by atoms with Crippen molar-refractivity contribution in [3.63, 3.8) is 0 Å². The molecule has 1 atom stereocenters. The molecule has 0 saturated carbocycles. The molecule has 1 aromatic rings. The van der Waals surface area contributed by atoms with Crippen molar-refractivity contribution in [3.05, 3.63) is 22.4 Å². The first kappa shape index (κ1) is 12.8. The second kappa shape index (κ2) is 4.89. The summed E-state index contributed by atoms with van der Waals surface area (Å²) < 4.78 is 0. The smallest absolute Gasteiger partial charge is 0.277 e. The average molecular weight is 266 g/mol. The monoisotopic (exact) mass is 266 g/mol. The van der Waals surface area contributed by atoms with Gasteiger partial charge < -0.3 is 0 Å². The SMILES string of the molecule is CC(C)C1C(=O)NC(=O)N(Cc2cccs2)C1=O. The van der Waals surface area contributed by atoms with E-state index in [-0.39, 0.29) is 12.5 Å². The number of thiophene rings is 1. The molecule has 1 aromatic heterocycles. The topological polar surface area (TPSA) is 66.5 Å². The van der Waals surface area contributed by atoms with Crippen molar-refractivity contribution in [2.45, 2.75) is 20.4 Å². The second-order valence-corrected chi connectivity index (χ2v) is 5.55. The van der Waals surface area contributed by atoms with Crippen molar-refractivity contribution in [1.82, 2.24) is 10.2 Å². The van der Waals surface area contributed by atoms with Crippen molar-refractivity contribution < 1.29 is 14.4 Å². The summed E-state index contributed by atoms with van der Waals surface area (Å²) in [5.74, 6) is -1.81. The summed E-state index contributed by atoms with van der Waals surface area (Å²) in [6.45, 7) is 3.81. The molecule has 6 heteroatoms. The Labute approximate surface area is 109 Å². The van der Waals surface area contributed by atoms with Gasteiger partial charge in [-0.25, -0.2) is 4.79 Å². The van der Waals surface area contributed by atoms with Gasteiger partial charge in [0.1, 0.15) is 5.92 Å². The lowest BCUT2D eigenvalue weighted by molar-refractivity contribution is -0.144. The van der Waals surface area contributed by atoms with Gasteiger partial charge >= 0.3 is 6.03 Å². The van der Waals surface area contributed by atoms with Gasteiger partial charge in [0.2, 0.25) is 11.8 Å². The standard InChI is InChI=1S/C12H14N2O3S/c1-7(2)9-10(15)13-12(17)14(11(9)16)6-8-4-3-5-18-8/h3-5,7,9H,6H2,1-2H3,(H,13,15,17). The van der Waals surface area contributed by atoms with Gasteiger partial charge in [-0.15, -0.1) is 11.3 Å². The van der Waals surface area contributed by atoms with Crippen molar-refractivity contribution >= 4 is 29.2 Å². The van der Waals surface area contributed by atoms with Crippen LogP contribution in [0.25, 0.3) is 0 Å². The van der Waals surface area contributed by atoms with Crippen LogP contribution in [0.1, 0.15) is 18.7 Å². The van der Waals surface area contributed by atoms with Gasteiger partial charge in [0.15, 0.2) is 0 Å². The molecule has 1 aliphatic heterocycles. The fourth-order valence-corrected chi connectivity index (χ4v) is 2.62. The number of nitrogens with zero attached hydrogens (tertiary/aromatic N) is 1. The lowest BCUT2D eigenvalue weighted by atomic mass is 9.92. The number of imide groups is 2. The number of rotatable bonds is 3. The molecular weight excluding hydrogens is 252 g/mol. The number of hydrogen-bond acceptors (Lipinski definition) is 4. The molecule has 1 N–H and O–H groups in total. The normalized spacial score (nSPS) is 20.5. The molecule has 0 aromatic carbocycles. The molecular formula is C12H14N2O3S. The Morgan fingerprint density at radius 3 is 2.67 bits per heavy atom. The quantitative estimate of drug-likeness (QED) is 0.845. The highest BCUT2D eigenvalue weighted by Gasteiger charge is 2.41. The van der Waals surface area contributed by atoms with E-state index in [2.05, 4.69) is 5.32 Å². The Bertz CT molecular complexity index is 482. The van der Waals surface area contributed by atoms with Crippen LogP contribution in [0.4, 0.5) is 4.79 Å². The van der Waals surface area contributed by atoms with Gasteiger partial charge in [-0.2, -0.15) is 0 Å². The first-order valence-electron chi connectivity index (χ1n) is 5.69. The Balaban J connectivity index is 2.21. The molecule has 2 heterocycles. The maximum atomic E-state index is 12.2. The maximum absolute atomic E-state index is 12.2. The van der Waals surface area contributed by atoms with Crippen molar-refractivity contribution in [2.24, 2.45) is 11.8 Å². The van der Waals surface area contributed by atoms with Crippen LogP contribution in [0.15, 0.2) is 17.5 Å². The molecule has 2 rings (SSSR count). The highest BCUT2D eigenvalue weighted by atomic mass is 32.1. The van der Waals surface area contributed by atoms with Gasteiger partial charge in [-0.05, 0) is 17.4 Å². The number of carbonyl (C=O) groups is 3. The zero-order valence-corrected chi connectivity index (χ0v) is 11.0. The number of barbiturate groups is 1. The highest BCUT2D eigenvalue weighted by Crippen LogP contribution is 2.21. The Hall–Kier alpha value is -1.69. The fourth-order valence-electron chi connectivity index (χ4n) is 1.93. The molecule has 18 heavy (non-hydrogen) atoms. The Kier molecular flexibility index (Phi) is 3.47. The number of carbonyl (C=O) groups excluding carboxylic acids is 3. The van der Waals surface area contributed by atoms with Gasteiger partial charge in [-0.3, -0.25) is 19.8 Å². The predicted molar refractivity (Wildman–Crippen MR) is 66.7 cm³/mol. The van der Waals surface area contributed by atoms with E-state index in [1.807, 2.05) is 17.5 Å². The van der Waals surface area contributed by atoms with E-state index in [0.717, 1.165) is 9.78 Å². The van der Waals surface area contributed by atoms with E-state index >= 15 is 0 Å². The summed E-state index contributed by atoms with van der Waals surface area (Å²) in [7, 11) is 0. The van der Waals surface area contributed by atoms with Crippen LogP contribution in [0.3, 0.4) is 0 Å². The molecule has 0 bridgehead atoms. The van der Waals surface area contributed by atoms with Gasteiger partial charge in [0.05, 0.1) is 6.54 Å². The van der Waals surface area contributed by atoms with Crippen LogP contribution in [0, 0.1) is 11.8 Å². The van der Waals surface area contributed by atoms with E-state index < -0.39 is 23.8 Å². The van der Waals surface area contributed by atoms with E-state index in [0.29, 0.717) is 0 Å². The summed E-state index contributed by atoms with van der Waals surface area (Å²) in [6, 6.07) is 3.08. The molecule has 1 aliphatic rings. The van der Waals surface area contributed by atoms with Crippen molar-refractivity contribution in [3.8, 4) is 0 Å². The molecule has 0 spiro atoms. The maximum Gasteiger partial charge on any atom is 0.331 e. The predicted octanol–water partition coefficient (Wildman–Crippen LogP) is 1.60. The van der Waals surface area contributed by atoms with Gasteiger partial charge in [-0.1, -0.05) is 19.9 Å². The summed E-state index contributed by atoms with van der Waals surface area (Å²) in [5.41, 5.74) is 0. The first-order chi connectivity index (χ1) is 8.50. The first-order valence-corrected chi connectivity index (χ1v) is 6.57. The van der Waals surface area contributed by atoms with Gasteiger partial charge in [0, 0.05) is 4.88 Å². The van der Waals surface area contributed by atoms with E-state index in [4.69, 9.17) is 0 Å². The molecule has 1 unspecified atom stereocenters. The van der Waals surface area contributed by atoms with E-state index in [9.17, 15) is 14.4 Å². The minimum Gasteiger partial charge on any atom is -0.277 e. The Morgan fingerprint density at radius 2 is 2.11 bits per heavy atom. The van der Waals surface area contributed by atoms with Crippen molar-refractivity contribution in [1.29, 1.82) is 0 Å². The van der Waals surface area contributed by atoms with Gasteiger partial charge in [0.25, 0.3) is 0 Å². The fraction of sp³-hybridized carbons (Fsp3) is 0.417. The molecule has 5 nitrogen and oxygen atoms in total. The molecule has 1 fully saturated rings. The number of amides is 4. The zero-order valence-electron chi connectivity index (χ0n) is 10.2. The third-order valence-corrected chi connectivity index (χ3v) is 3.71.